The molecule has 1 aliphatic heterocycles. The first-order chi connectivity index (χ1) is 11.1. The van der Waals surface area contributed by atoms with Gasteiger partial charge in [-0.1, -0.05) is 0 Å². The minimum atomic E-state index is -0.596. The summed E-state index contributed by atoms with van der Waals surface area (Å²) >= 11 is 0. The third-order valence-corrected chi connectivity index (χ3v) is 3.69. The molecule has 1 atom stereocenters. The van der Waals surface area contributed by atoms with E-state index in [0.29, 0.717) is 18.9 Å². The molecule has 0 aromatic heterocycles. The predicted molar refractivity (Wildman–Crippen MR) is 84.2 cm³/mol. The van der Waals surface area contributed by atoms with E-state index < -0.39 is 10.8 Å². The topological polar surface area (TPSA) is 103 Å². The van der Waals surface area contributed by atoms with Crippen LogP contribution in [0.1, 0.15) is 30.1 Å². The second kappa shape index (κ2) is 7.77. The summed E-state index contributed by atoms with van der Waals surface area (Å²) in [5, 5.41) is 17.2. The molecule has 1 saturated heterocycles. The Bertz CT molecular complexity index is 585. The van der Waals surface area contributed by atoms with Crippen LogP contribution in [0.2, 0.25) is 0 Å². The number of rotatable bonds is 7. The molecular weight excluding hydrogens is 302 g/mol. The van der Waals surface area contributed by atoms with Gasteiger partial charge in [-0.25, -0.2) is 0 Å². The zero-order chi connectivity index (χ0) is 16.8. The van der Waals surface area contributed by atoms with Crippen LogP contribution in [0.15, 0.2) is 12.1 Å². The van der Waals surface area contributed by atoms with Gasteiger partial charge in [0.25, 0.3) is 11.6 Å². The number of nitrogens with zero attached hydrogens (tertiary/aromatic N) is 1. The van der Waals surface area contributed by atoms with Gasteiger partial charge in [0, 0.05) is 18.7 Å². The Balaban J connectivity index is 2.24. The van der Waals surface area contributed by atoms with Crippen LogP contribution in [0.25, 0.3) is 0 Å². The molecule has 1 unspecified atom stereocenters. The number of benzene rings is 1. The Kier molecular flexibility index (Phi) is 5.75. The normalized spacial score (nSPS) is 16.9. The summed E-state index contributed by atoms with van der Waals surface area (Å²) in [7, 11) is 1.40. The molecule has 0 radical (unpaired) electrons. The number of carbonyl (C=O) groups excluding carboxylic acids is 1. The van der Waals surface area contributed by atoms with Gasteiger partial charge in [-0.15, -0.1) is 0 Å². The second-order valence-electron chi connectivity index (χ2n) is 5.21. The van der Waals surface area contributed by atoms with Crippen molar-refractivity contribution in [3.8, 4) is 11.5 Å². The molecule has 126 valence electrons. The van der Waals surface area contributed by atoms with Crippen molar-refractivity contribution in [1.29, 1.82) is 0 Å². The molecule has 8 nitrogen and oxygen atoms in total. The molecule has 0 aliphatic carbocycles. The molecule has 0 bridgehead atoms. The highest BCUT2D eigenvalue weighted by Crippen LogP contribution is 2.34. The standard InChI is InChI=1S/C15H21N3O5/c1-3-23-14-7-11(12(18(20)21)8-13(14)22-2)15(19)17-9-10-5-4-6-16-10/h7-8,10,16H,3-6,9H2,1-2H3,(H,17,19). The van der Waals surface area contributed by atoms with Crippen molar-refractivity contribution in [2.75, 3.05) is 26.8 Å². The zero-order valence-corrected chi connectivity index (χ0v) is 13.3. The average Bonchev–Trinajstić information content (AvgIpc) is 3.05. The van der Waals surface area contributed by atoms with Crippen LogP contribution in [-0.2, 0) is 0 Å². The number of amides is 1. The highest BCUT2D eigenvalue weighted by molar-refractivity contribution is 5.99. The lowest BCUT2D eigenvalue weighted by atomic mass is 10.1. The first-order valence-corrected chi connectivity index (χ1v) is 7.57. The van der Waals surface area contributed by atoms with Gasteiger partial charge in [0.15, 0.2) is 11.5 Å². The minimum absolute atomic E-state index is 0.0303. The van der Waals surface area contributed by atoms with E-state index in [1.165, 1.54) is 19.2 Å². The van der Waals surface area contributed by atoms with E-state index in [9.17, 15) is 14.9 Å². The van der Waals surface area contributed by atoms with E-state index >= 15 is 0 Å². The van der Waals surface area contributed by atoms with E-state index in [1.54, 1.807) is 6.92 Å². The minimum Gasteiger partial charge on any atom is -0.493 e. The summed E-state index contributed by atoms with van der Waals surface area (Å²) in [6.07, 6.45) is 2.05. The summed E-state index contributed by atoms with van der Waals surface area (Å²) in [5.74, 6) is 0.0475. The zero-order valence-electron chi connectivity index (χ0n) is 13.3. The van der Waals surface area contributed by atoms with Crippen molar-refractivity contribution in [1.82, 2.24) is 10.6 Å². The van der Waals surface area contributed by atoms with Crippen LogP contribution in [0, 0.1) is 10.1 Å². The number of ether oxygens (including phenoxy) is 2. The van der Waals surface area contributed by atoms with Crippen LogP contribution in [0.4, 0.5) is 5.69 Å². The van der Waals surface area contributed by atoms with E-state index in [4.69, 9.17) is 9.47 Å². The van der Waals surface area contributed by atoms with Gasteiger partial charge >= 0.3 is 0 Å². The first kappa shape index (κ1) is 17.0. The number of nitro groups is 1. The Morgan fingerprint density at radius 3 is 2.83 bits per heavy atom. The van der Waals surface area contributed by atoms with Gasteiger partial charge in [-0.2, -0.15) is 0 Å². The van der Waals surface area contributed by atoms with Crippen molar-refractivity contribution in [3.63, 3.8) is 0 Å². The molecule has 1 fully saturated rings. The molecule has 1 aromatic carbocycles. The van der Waals surface area contributed by atoms with E-state index in [2.05, 4.69) is 10.6 Å². The van der Waals surface area contributed by atoms with Gasteiger partial charge in [0.05, 0.1) is 24.7 Å². The van der Waals surface area contributed by atoms with E-state index in [-0.39, 0.29) is 23.0 Å². The number of nitro benzene ring substituents is 1. The summed E-state index contributed by atoms with van der Waals surface area (Å²) in [5.41, 5.74) is -0.334. The van der Waals surface area contributed by atoms with Gasteiger partial charge in [0.1, 0.15) is 5.56 Å². The van der Waals surface area contributed by atoms with Crippen LogP contribution in [0.3, 0.4) is 0 Å². The molecule has 23 heavy (non-hydrogen) atoms. The maximum absolute atomic E-state index is 12.3. The fourth-order valence-electron chi connectivity index (χ4n) is 2.55. The maximum atomic E-state index is 12.3. The second-order valence-corrected chi connectivity index (χ2v) is 5.21. The monoisotopic (exact) mass is 323 g/mol. The lowest BCUT2D eigenvalue weighted by Crippen LogP contribution is -2.37. The molecule has 0 spiro atoms. The number of nitrogens with one attached hydrogen (secondary N) is 2. The molecular formula is C15H21N3O5. The van der Waals surface area contributed by atoms with E-state index in [0.717, 1.165) is 19.4 Å². The molecule has 2 N–H and O–H groups in total. The molecule has 0 saturated carbocycles. The third kappa shape index (κ3) is 4.10. The third-order valence-electron chi connectivity index (χ3n) is 3.69. The summed E-state index contributed by atoms with van der Waals surface area (Å²) in [6.45, 7) is 3.51. The van der Waals surface area contributed by atoms with Crippen molar-refractivity contribution in [3.05, 3.63) is 27.8 Å². The van der Waals surface area contributed by atoms with Crippen molar-refractivity contribution in [2.24, 2.45) is 0 Å². The molecule has 1 aliphatic rings. The Morgan fingerprint density at radius 1 is 1.48 bits per heavy atom. The fourth-order valence-corrected chi connectivity index (χ4v) is 2.55. The average molecular weight is 323 g/mol. The van der Waals surface area contributed by atoms with Crippen LogP contribution < -0.4 is 20.1 Å². The number of hydrogen-bond donors (Lipinski definition) is 2. The number of carbonyl (C=O) groups is 1. The van der Waals surface area contributed by atoms with E-state index in [1.807, 2.05) is 0 Å². The quantitative estimate of drug-likeness (QED) is 0.582. The summed E-state index contributed by atoms with van der Waals surface area (Å²) in [4.78, 5) is 23.0. The maximum Gasteiger partial charge on any atom is 0.286 e. The lowest BCUT2D eigenvalue weighted by molar-refractivity contribution is -0.385. The summed E-state index contributed by atoms with van der Waals surface area (Å²) in [6, 6.07) is 2.79. The Morgan fingerprint density at radius 2 is 2.26 bits per heavy atom. The van der Waals surface area contributed by atoms with Gasteiger partial charge < -0.3 is 20.1 Å². The highest BCUT2D eigenvalue weighted by Gasteiger charge is 2.25. The van der Waals surface area contributed by atoms with Crippen molar-refractivity contribution >= 4 is 11.6 Å². The summed E-state index contributed by atoms with van der Waals surface area (Å²) < 4.78 is 10.5. The van der Waals surface area contributed by atoms with Crippen LogP contribution >= 0.6 is 0 Å². The Hall–Kier alpha value is -2.35. The number of methoxy groups -OCH3 is 1. The Labute approximate surface area is 134 Å². The SMILES string of the molecule is CCOc1cc(C(=O)NCC2CCCN2)c([N+](=O)[O-])cc1OC. The smallest absolute Gasteiger partial charge is 0.286 e. The van der Waals surface area contributed by atoms with Gasteiger partial charge in [-0.05, 0) is 26.3 Å². The van der Waals surface area contributed by atoms with Crippen molar-refractivity contribution < 1.29 is 19.2 Å². The molecule has 1 aromatic rings. The lowest BCUT2D eigenvalue weighted by Gasteiger charge is -2.14. The predicted octanol–water partition coefficient (Wildman–Crippen LogP) is 1.48. The molecule has 1 heterocycles. The first-order valence-electron chi connectivity index (χ1n) is 7.57. The number of hydrogen-bond acceptors (Lipinski definition) is 6. The highest BCUT2D eigenvalue weighted by atomic mass is 16.6. The van der Waals surface area contributed by atoms with Gasteiger partial charge in [-0.3, -0.25) is 14.9 Å². The van der Waals surface area contributed by atoms with Crippen molar-refractivity contribution in [2.45, 2.75) is 25.8 Å². The fraction of sp³-hybridized carbons (Fsp3) is 0.533. The van der Waals surface area contributed by atoms with Gasteiger partial charge in [0.2, 0.25) is 0 Å². The molecule has 8 heteroatoms. The van der Waals surface area contributed by atoms with Crippen LogP contribution in [-0.4, -0.2) is 43.7 Å². The molecule has 2 rings (SSSR count). The molecule has 1 amide bonds. The van der Waals surface area contributed by atoms with Crippen LogP contribution in [0.5, 0.6) is 11.5 Å². The largest absolute Gasteiger partial charge is 0.493 e.